The van der Waals surface area contributed by atoms with E-state index in [1.54, 1.807) is 0 Å². The maximum atomic E-state index is 14.5. The summed E-state index contributed by atoms with van der Waals surface area (Å²) in [6, 6.07) is 2.27. The van der Waals surface area contributed by atoms with Crippen LogP contribution >= 0.6 is 0 Å². The average molecular weight is 519 g/mol. The molecule has 3 unspecified atom stereocenters. The molecule has 5 heteroatoms. The molecule has 0 heterocycles. The Morgan fingerprint density at radius 3 is 2.37 bits per heavy atom. The van der Waals surface area contributed by atoms with Crippen LogP contribution in [0.15, 0.2) is 23.3 Å². The number of fused-ring (bicyclic) bond motifs is 7. The Labute approximate surface area is 228 Å². The average Bonchev–Trinajstić information content (AvgIpc) is 3.69. The Balaban J connectivity index is 1.47. The predicted octanol–water partition coefficient (Wildman–Crippen LogP) is 5.89. The van der Waals surface area contributed by atoms with E-state index in [2.05, 4.69) is 52.9 Å². The molecule has 206 valence electrons. The van der Waals surface area contributed by atoms with Crippen molar-refractivity contribution in [2.45, 2.75) is 111 Å². The smallest absolute Gasteiger partial charge is 0.223 e. The summed E-state index contributed by atoms with van der Waals surface area (Å²) >= 11 is 0. The second-order valence-electron chi connectivity index (χ2n) is 15.5. The van der Waals surface area contributed by atoms with E-state index in [-0.39, 0.29) is 63.1 Å². The Bertz CT molecular complexity index is 1190. The fourth-order valence-electron chi connectivity index (χ4n) is 10.3. The maximum absolute atomic E-state index is 14.5. The quantitative estimate of drug-likeness (QED) is 0.477. The first kappa shape index (κ1) is 26.3. The van der Waals surface area contributed by atoms with Crippen molar-refractivity contribution in [2.75, 3.05) is 0 Å². The van der Waals surface area contributed by atoms with Crippen molar-refractivity contribution >= 4 is 11.7 Å². The second-order valence-corrected chi connectivity index (χ2v) is 15.5. The predicted molar refractivity (Wildman–Crippen MR) is 146 cm³/mol. The number of ketones is 1. The lowest BCUT2D eigenvalue weighted by molar-refractivity contribution is -0.163. The highest BCUT2D eigenvalue weighted by molar-refractivity contribution is 5.96. The number of nitrogens with zero attached hydrogens (tertiary/aromatic N) is 1. The van der Waals surface area contributed by atoms with Crippen LogP contribution in [0.2, 0.25) is 0 Å². The summed E-state index contributed by atoms with van der Waals surface area (Å²) in [5.41, 5.74) is 0.681. The summed E-state index contributed by atoms with van der Waals surface area (Å²) in [5, 5.41) is 24.3. The van der Waals surface area contributed by atoms with E-state index in [1.807, 2.05) is 12.2 Å². The van der Waals surface area contributed by atoms with E-state index in [0.29, 0.717) is 5.57 Å². The number of aliphatic hydroxyl groups is 1. The van der Waals surface area contributed by atoms with Crippen LogP contribution in [0.3, 0.4) is 0 Å². The van der Waals surface area contributed by atoms with Crippen molar-refractivity contribution in [3.8, 4) is 6.07 Å². The molecule has 0 bridgehead atoms. The first-order valence-electron chi connectivity index (χ1n) is 15.1. The van der Waals surface area contributed by atoms with E-state index >= 15 is 0 Å². The van der Waals surface area contributed by atoms with Crippen LogP contribution in [-0.2, 0) is 9.59 Å². The fourth-order valence-corrected chi connectivity index (χ4v) is 10.3. The van der Waals surface area contributed by atoms with Gasteiger partial charge in [0, 0.05) is 22.8 Å². The Morgan fingerprint density at radius 2 is 1.71 bits per heavy atom. The third-order valence-electron chi connectivity index (χ3n) is 13.0. The van der Waals surface area contributed by atoms with Gasteiger partial charge in [0.05, 0.1) is 17.7 Å². The molecular weight excluding hydrogens is 472 g/mol. The van der Waals surface area contributed by atoms with Crippen LogP contribution in [0.4, 0.5) is 0 Å². The molecule has 0 aromatic rings. The van der Waals surface area contributed by atoms with E-state index in [9.17, 15) is 20.0 Å². The molecule has 6 aliphatic rings. The van der Waals surface area contributed by atoms with Crippen molar-refractivity contribution in [3.05, 3.63) is 23.3 Å². The van der Waals surface area contributed by atoms with Crippen molar-refractivity contribution in [1.29, 1.82) is 5.26 Å². The van der Waals surface area contributed by atoms with E-state index in [0.717, 1.165) is 57.8 Å². The number of aliphatic hydroxyl groups excluding tert-OH is 1. The van der Waals surface area contributed by atoms with Crippen LogP contribution in [0.25, 0.3) is 0 Å². The van der Waals surface area contributed by atoms with Gasteiger partial charge in [0.1, 0.15) is 0 Å². The zero-order chi connectivity index (χ0) is 27.5. The van der Waals surface area contributed by atoms with Gasteiger partial charge in [0.25, 0.3) is 0 Å². The van der Waals surface area contributed by atoms with Crippen molar-refractivity contribution < 1.29 is 14.7 Å². The highest BCUT2D eigenvalue weighted by Crippen LogP contribution is 2.72. The molecule has 0 aliphatic heterocycles. The number of hydrogen-bond donors (Lipinski definition) is 2. The molecule has 1 amide bonds. The van der Waals surface area contributed by atoms with E-state index in [1.165, 1.54) is 5.57 Å². The zero-order valence-electron chi connectivity index (χ0n) is 24.2. The molecule has 4 fully saturated rings. The van der Waals surface area contributed by atoms with Gasteiger partial charge in [-0.25, -0.2) is 0 Å². The van der Waals surface area contributed by atoms with E-state index in [4.69, 9.17) is 0 Å². The number of carbonyl (C=O) groups is 2. The summed E-state index contributed by atoms with van der Waals surface area (Å²) in [6.45, 7) is 13.7. The van der Waals surface area contributed by atoms with Gasteiger partial charge in [0.2, 0.25) is 5.91 Å². The topological polar surface area (TPSA) is 90.2 Å². The van der Waals surface area contributed by atoms with Gasteiger partial charge < -0.3 is 10.4 Å². The third-order valence-corrected chi connectivity index (χ3v) is 13.0. The molecule has 6 rings (SSSR count). The molecule has 0 aromatic heterocycles. The molecule has 9 atom stereocenters. The van der Waals surface area contributed by atoms with Gasteiger partial charge in [-0.1, -0.05) is 53.2 Å². The molecule has 6 aliphatic carbocycles. The van der Waals surface area contributed by atoms with Crippen molar-refractivity contribution in [2.24, 2.45) is 51.2 Å². The van der Waals surface area contributed by atoms with Crippen LogP contribution in [0.5, 0.6) is 0 Å². The van der Waals surface area contributed by atoms with Crippen molar-refractivity contribution in [1.82, 2.24) is 5.32 Å². The van der Waals surface area contributed by atoms with Gasteiger partial charge >= 0.3 is 0 Å². The summed E-state index contributed by atoms with van der Waals surface area (Å²) in [6.07, 6.45) is 12.1. The highest BCUT2D eigenvalue weighted by atomic mass is 16.3. The number of nitriles is 1. The fraction of sp³-hybridized carbons (Fsp3) is 0.788. The van der Waals surface area contributed by atoms with Crippen LogP contribution in [0, 0.1) is 62.6 Å². The standard InChI is InChI=1S/C33H46N2O3/c1-19-22-9-10-31(5)25(30(22,4)16-21(18-34)27(19)37)15-24(36)26-23-17-29(2,3)11-13-33(23,14-12-32(26,31)6)35-28(38)20-7-8-20/h15-16,19-20,22-23,26-27,37H,7-14,17H2,1-6H3,(H,35,38)/t19-,22-,23?,26?,27?,30-,31+,32+,33-/m0/s1. The van der Waals surface area contributed by atoms with Crippen LogP contribution in [-0.4, -0.2) is 28.4 Å². The number of nitrogens with one attached hydrogen (secondary N) is 1. The van der Waals surface area contributed by atoms with Crippen LogP contribution in [0.1, 0.15) is 99.3 Å². The summed E-state index contributed by atoms with van der Waals surface area (Å²) < 4.78 is 0. The zero-order valence-corrected chi connectivity index (χ0v) is 24.2. The number of amides is 1. The van der Waals surface area contributed by atoms with Crippen molar-refractivity contribution in [3.63, 3.8) is 0 Å². The second kappa shape index (κ2) is 8.06. The SMILES string of the molecule is C[C@@H]1C(O)C(C#N)=C[C@]2(C)C3=CC(=O)C4C5CC(C)(C)CC[C@]5(NC(=O)C5CC5)CC[C@@]4(C)[C@]3(C)CC[C@@H]12. The van der Waals surface area contributed by atoms with E-state index < -0.39 is 11.5 Å². The number of allylic oxidation sites excluding steroid dienone is 3. The molecule has 2 N–H and O–H groups in total. The third kappa shape index (κ3) is 3.38. The molecule has 0 saturated heterocycles. The van der Waals surface area contributed by atoms with Gasteiger partial charge in [-0.2, -0.15) is 5.26 Å². The largest absolute Gasteiger partial charge is 0.387 e. The summed E-state index contributed by atoms with van der Waals surface area (Å²) in [4.78, 5) is 27.6. The van der Waals surface area contributed by atoms with Gasteiger partial charge in [-0.15, -0.1) is 0 Å². The number of rotatable bonds is 2. The first-order valence-corrected chi connectivity index (χ1v) is 15.1. The molecule has 0 spiro atoms. The van der Waals surface area contributed by atoms with Crippen LogP contribution < -0.4 is 5.32 Å². The summed E-state index contributed by atoms with van der Waals surface area (Å²) in [5.74, 6) is 0.797. The molecule has 0 aromatic carbocycles. The Hall–Kier alpha value is -1.93. The number of hydrogen-bond acceptors (Lipinski definition) is 4. The first-order chi connectivity index (χ1) is 17.7. The van der Waals surface area contributed by atoms with Gasteiger partial charge in [-0.3, -0.25) is 9.59 Å². The Morgan fingerprint density at radius 1 is 1.03 bits per heavy atom. The minimum Gasteiger partial charge on any atom is -0.387 e. The monoisotopic (exact) mass is 518 g/mol. The number of carbonyl (C=O) groups excluding carboxylic acids is 2. The van der Waals surface area contributed by atoms with Gasteiger partial charge in [-0.05, 0) is 97.9 Å². The molecule has 5 nitrogen and oxygen atoms in total. The highest BCUT2D eigenvalue weighted by Gasteiger charge is 2.69. The normalized spacial score (nSPS) is 49.2. The molecule has 38 heavy (non-hydrogen) atoms. The maximum Gasteiger partial charge on any atom is 0.223 e. The minimum absolute atomic E-state index is 0.0264. The van der Waals surface area contributed by atoms with Gasteiger partial charge in [0.15, 0.2) is 5.78 Å². The lowest BCUT2D eigenvalue weighted by atomic mass is 9.35. The molecule has 0 radical (unpaired) electrons. The lowest BCUT2D eigenvalue weighted by Gasteiger charge is -2.69. The molecule has 4 saturated carbocycles. The summed E-state index contributed by atoms with van der Waals surface area (Å²) in [7, 11) is 0. The Kier molecular flexibility index (Phi) is 5.58. The molecular formula is C33H46N2O3. The minimum atomic E-state index is -0.736. The lowest BCUT2D eigenvalue weighted by Crippen LogP contribution is -2.69.